The first-order chi connectivity index (χ1) is 10.8. The molecule has 2 rings (SSSR count). The number of hydrogen-bond acceptors (Lipinski definition) is 4. The number of sulfonamides is 1. The molecule has 0 fully saturated rings. The molecule has 2 aromatic carbocycles. The van der Waals surface area contributed by atoms with Crippen molar-refractivity contribution in [2.45, 2.75) is 11.8 Å². The van der Waals surface area contributed by atoms with Crippen LogP contribution in [0.15, 0.2) is 51.8 Å². The van der Waals surface area contributed by atoms with E-state index >= 15 is 0 Å². The second kappa shape index (κ2) is 7.33. The van der Waals surface area contributed by atoms with Crippen LogP contribution in [0.1, 0.15) is 17.3 Å². The summed E-state index contributed by atoms with van der Waals surface area (Å²) in [5.74, 6) is -0.556. The van der Waals surface area contributed by atoms with Crippen LogP contribution in [-0.4, -0.2) is 21.0 Å². The monoisotopic (exact) mass is 417 g/mol. The number of benzene rings is 2. The maximum atomic E-state index is 12.3. The summed E-state index contributed by atoms with van der Waals surface area (Å²) < 4.78 is 32.6. The van der Waals surface area contributed by atoms with Crippen LogP contribution in [0.5, 0.6) is 0 Å². The predicted molar refractivity (Wildman–Crippen MR) is 92.4 cm³/mol. The van der Waals surface area contributed by atoms with Crippen LogP contribution in [-0.2, 0) is 14.8 Å². The van der Waals surface area contributed by atoms with Gasteiger partial charge in [0.25, 0.3) is 10.0 Å². The Labute approximate surface area is 147 Å². The Hall–Kier alpha value is -1.57. The Morgan fingerprint density at radius 1 is 1.22 bits per heavy atom. The lowest BCUT2D eigenvalue weighted by Crippen LogP contribution is -2.13. The van der Waals surface area contributed by atoms with Gasteiger partial charge in [-0.3, -0.25) is 4.72 Å². The molecule has 0 aromatic heterocycles. The fraction of sp³-hybridized carbons (Fsp3) is 0.133. The molecule has 122 valence electrons. The molecule has 2 aromatic rings. The summed E-state index contributed by atoms with van der Waals surface area (Å²) in [6, 6.07) is 10.4. The van der Waals surface area contributed by atoms with Crippen LogP contribution in [0.25, 0.3) is 0 Å². The van der Waals surface area contributed by atoms with Gasteiger partial charge in [0.05, 0.1) is 27.8 Å². The molecule has 5 nitrogen and oxygen atoms in total. The highest BCUT2D eigenvalue weighted by Gasteiger charge is 2.16. The van der Waals surface area contributed by atoms with Crippen molar-refractivity contribution < 1.29 is 17.9 Å². The van der Waals surface area contributed by atoms with Crippen molar-refractivity contribution in [1.29, 1.82) is 0 Å². The molecule has 0 aliphatic heterocycles. The number of rotatable bonds is 5. The number of anilines is 1. The number of carbonyl (C=O) groups excluding carboxylic acids is 1. The van der Waals surface area contributed by atoms with E-state index in [4.69, 9.17) is 16.3 Å². The maximum absolute atomic E-state index is 12.3. The van der Waals surface area contributed by atoms with Gasteiger partial charge < -0.3 is 4.74 Å². The predicted octanol–water partition coefficient (Wildman–Crippen LogP) is 4.08. The minimum absolute atomic E-state index is 0.111. The highest BCUT2D eigenvalue weighted by Crippen LogP contribution is 2.24. The van der Waals surface area contributed by atoms with Crippen molar-refractivity contribution in [2.24, 2.45) is 0 Å². The molecule has 0 atom stereocenters. The second-order valence-electron chi connectivity index (χ2n) is 4.47. The SMILES string of the molecule is CCOC(=O)c1ccc(NS(=O)(=O)c2ccc(Br)cc2)cc1Cl. The van der Waals surface area contributed by atoms with Crippen molar-refractivity contribution >= 4 is 49.2 Å². The van der Waals surface area contributed by atoms with Gasteiger partial charge in [0.2, 0.25) is 0 Å². The van der Waals surface area contributed by atoms with Crippen LogP contribution in [0.2, 0.25) is 5.02 Å². The molecule has 0 radical (unpaired) electrons. The molecular formula is C15H13BrClNO4S. The molecule has 0 heterocycles. The number of carbonyl (C=O) groups is 1. The molecule has 0 saturated heterocycles. The maximum Gasteiger partial charge on any atom is 0.339 e. The van der Waals surface area contributed by atoms with E-state index in [1.165, 1.54) is 30.3 Å². The summed E-state index contributed by atoms with van der Waals surface area (Å²) in [4.78, 5) is 11.8. The lowest BCUT2D eigenvalue weighted by Gasteiger charge is -2.10. The summed E-state index contributed by atoms with van der Waals surface area (Å²) in [5, 5.41) is 0.111. The van der Waals surface area contributed by atoms with Crippen molar-refractivity contribution in [3.05, 3.63) is 57.5 Å². The van der Waals surface area contributed by atoms with E-state index < -0.39 is 16.0 Å². The number of hydrogen-bond donors (Lipinski definition) is 1. The van der Waals surface area contributed by atoms with Crippen LogP contribution >= 0.6 is 27.5 Å². The molecule has 0 aliphatic carbocycles. The van der Waals surface area contributed by atoms with E-state index in [1.807, 2.05) is 0 Å². The van der Waals surface area contributed by atoms with Crippen molar-refractivity contribution in [2.75, 3.05) is 11.3 Å². The zero-order chi connectivity index (χ0) is 17.0. The lowest BCUT2D eigenvalue weighted by atomic mass is 10.2. The third-order valence-electron chi connectivity index (χ3n) is 2.84. The fourth-order valence-electron chi connectivity index (χ4n) is 1.78. The second-order valence-corrected chi connectivity index (χ2v) is 7.48. The van der Waals surface area contributed by atoms with Crippen LogP contribution in [0.3, 0.4) is 0 Å². The molecule has 0 bridgehead atoms. The van der Waals surface area contributed by atoms with Crippen LogP contribution in [0, 0.1) is 0 Å². The first-order valence-electron chi connectivity index (χ1n) is 6.58. The number of nitrogens with one attached hydrogen (secondary N) is 1. The Bertz CT molecular complexity index is 822. The highest BCUT2D eigenvalue weighted by atomic mass is 79.9. The summed E-state index contributed by atoms with van der Waals surface area (Å²) >= 11 is 9.26. The van der Waals surface area contributed by atoms with Gasteiger partial charge >= 0.3 is 5.97 Å². The Morgan fingerprint density at radius 2 is 1.87 bits per heavy atom. The highest BCUT2D eigenvalue weighted by molar-refractivity contribution is 9.10. The Morgan fingerprint density at radius 3 is 2.43 bits per heavy atom. The Kier molecular flexibility index (Phi) is 5.67. The van der Waals surface area contributed by atoms with Gasteiger partial charge in [0.15, 0.2) is 0 Å². The standard InChI is InChI=1S/C15H13BrClNO4S/c1-2-22-15(19)13-8-5-11(9-14(13)17)18-23(20,21)12-6-3-10(16)4-7-12/h3-9,18H,2H2,1H3. The van der Waals surface area contributed by atoms with E-state index in [0.29, 0.717) is 0 Å². The van der Waals surface area contributed by atoms with Gasteiger partial charge in [-0.2, -0.15) is 0 Å². The Balaban J connectivity index is 2.25. The first kappa shape index (κ1) is 17.8. The lowest BCUT2D eigenvalue weighted by molar-refractivity contribution is 0.0526. The molecule has 23 heavy (non-hydrogen) atoms. The quantitative estimate of drug-likeness (QED) is 0.743. The van der Waals surface area contributed by atoms with Gasteiger partial charge in [0, 0.05) is 4.47 Å². The largest absolute Gasteiger partial charge is 0.462 e. The minimum Gasteiger partial charge on any atom is -0.462 e. The molecule has 8 heteroatoms. The van der Waals surface area contributed by atoms with Crippen molar-refractivity contribution in [3.63, 3.8) is 0 Å². The number of ether oxygens (including phenoxy) is 1. The first-order valence-corrected chi connectivity index (χ1v) is 9.24. The molecule has 0 amide bonds. The topological polar surface area (TPSA) is 72.5 Å². The third-order valence-corrected chi connectivity index (χ3v) is 5.08. The summed E-state index contributed by atoms with van der Waals surface area (Å²) in [6.45, 7) is 1.92. The van der Waals surface area contributed by atoms with Gasteiger partial charge in [-0.1, -0.05) is 27.5 Å². The van der Waals surface area contributed by atoms with Crippen molar-refractivity contribution in [3.8, 4) is 0 Å². The number of halogens is 2. The molecule has 0 saturated carbocycles. The molecule has 0 unspecified atom stereocenters. The van der Waals surface area contributed by atoms with Crippen LogP contribution < -0.4 is 4.72 Å². The van der Waals surface area contributed by atoms with Crippen molar-refractivity contribution in [1.82, 2.24) is 0 Å². The molecule has 0 aliphatic rings. The third kappa shape index (κ3) is 4.46. The van der Waals surface area contributed by atoms with Gasteiger partial charge in [-0.15, -0.1) is 0 Å². The molecular weight excluding hydrogens is 406 g/mol. The molecule has 1 N–H and O–H groups in total. The van der Waals surface area contributed by atoms with E-state index in [9.17, 15) is 13.2 Å². The minimum atomic E-state index is -3.74. The molecule has 0 spiro atoms. The zero-order valence-electron chi connectivity index (χ0n) is 12.0. The van der Waals surface area contributed by atoms with Gasteiger partial charge in [-0.25, -0.2) is 13.2 Å². The smallest absolute Gasteiger partial charge is 0.339 e. The van der Waals surface area contributed by atoms with Gasteiger partial charge in [0.1, 0.15) is 0 Å². The summed E-state index contributed by atoms with van der Waals surface area (Å²) in [6.07, 6.45) is 0. The zero-order valence-corrected chi connectivity index (χ0v) is 15.2. The van der Waals surface area contributed by atoms with Gasteiger partial charge in [-0.05, 0) is 49.4 Å². The fourth-order valence-corrected chi connectivity index (χ4v) is 3.35. The average molecular weight is 419 g/mol. The average Bonchev–Trinajstić information content (AvgIpc) is 2.47. The van der Waals surface area contributed by atoms with E-state index in [2.05, 4.69) is 20.7 Å². The van der Waals surface area contributed by atoms with E-state index in [0.717, 1.165) is 4.47 Å². The summed E-state index contributed by atoms with van der Waals surface area (Å²) in [5.41, 5.74) is 0.436. The van der Waals surface area contributed by atoms with Crippen LogP contribution in [0.4, 0.5) is 5.69 Å². The van der Waals surface area contributed by atoms with E-state index in [-0.39, 0.29) is 27.8 Å². The normalized spacial score (nSPS) is 11.1. The van der Waals surface area contributed by atoms with E-state index in [1.54, 1.807) is 19.1 Å². The number of esters is 1. The summed E-state index contributed by atoms with van der Waals surface area (Å²) in [7, 11) is -3.74.